The minimum Gasteiger partial charge on any atom is -0.493 e. The summed E-state index contributed by atoms with van der Waals surface area (Å²) in [5.74, 6) is -0.370. The first-order valence-corrected chi connectivity index (χ1v) is 6.76. The molecule has 102 valence electrons. The van der Waals surface area contributed by atoms with E-state index in [9.17, 15) is 8.42 Å². The van der Waals surface area contributed by atoms with Crippen molar-refractivity contribution in [2.75, 3.05) is 25.6 Å². The predicted molar refractivity (Wildman–Crippen MR) is 70.8 cm³/mol. The molecule has 2 N–H and O–H groups in total. The maximum Gasteiger partial charge on any atom is 0.161 e. The maximum absolute atomic E-state index is 11.6. The van der Waals surface area contributed by atoms with Crippen molar-refractivity contribution in [1.82, 2.24) is 0 Å². The molecule has 1 atom stereocenters. The summed E-state index contributed by atoms with van der Waals surface area (Å²) in [4.78, 5) is 0. The molecule has 6 heteroatoms. The molecule has 0 aromatic heterocycles. The molecule has 1 rings (SSSR count). The third kappa shape index (κ3) is 4.19. The number of nitrogens with two attached hydrogens (primary N) is 1. The molecule has 0 amide bonds. The zero-order valence-electron chi connectivity index (χ0n) is 16.9. The smallest absolute Gasteiger partial charge is 0.161 e. The van der Waals surface area contributed by atoms with Crippen LogP contribution in [-0.4, -0.2) is 34.0 Å². The van der Waals surface area contributed by atoms with Gasteiger partial charge in [-0.25, -0.2) is 8.42 Å². The van der Waals surface area contributed by atoms with Crippen molar-refractivity contribution >= 4 is 9.84 Å². The Morgan fingerprint density at radius 3 is 2.78 bits per heavy atom. The number of sulfone groups is 1. The van der Waals surface area contributed by atoms with Crippen LogP contribution in [0.2, 0.25) is 0 Å². The third-order valence-electron chi connectivity index (χ3n) is 2.05. The van der Waals surface area contributed by atoms with E-state index < -0.39 is 35.0 Å². The van der Waals surface area contributed by atoms with Crippen LogP contribution in [0.15, 0.2) is 18.2 Å². The van der Waals surface area contributed by atoms with Gasteiger partial charge in [-0.15, -0.1) is 0 Å². The van der Waals surface area contributed by atoms with Crippen molar-refractivity contribution < 1.29 is 27.5 Å². The fraction of sp³-hybridized carbons (Fsp3) is 0.500. The van der Waals surface area contributed by atoms with Gasteiger partial charge >= 0.3 is 0 Å². The van der Waals surface area contributed by atoms with Crippen molar-refractivity contribution in [2.24, 2.45) is 5.73 Å². The summed E-state index contributed by atoms with van der Waals surface area (Å²) in [6, 6.07) is 1.97. The van der Waals surface area contributed by atoms with Crippen molar-refractivity contribution in [3.63, 3.8) is 0 Å². The van der Waals surface area contributed by atoms with E-state index in [1.54, 1.807) is 0 Å². The van der Waals surface area contributed by atoms with E-state index in [4.69, 9.17) is 24.8 Å². The van der Waals surface area contributed by atoms with Crippen LogP contribution in [0.25, 0.3) is 0 Å². The van der Waals surface area contributed by atoms with Crippen LogP contribution in [-0.2, 0) is 9.84 Å². The van der Waals surface area contributed by atoms with Gasteiger partial charge in [0.05, 0.1) is 22.1 Å². The molecule has 0 aliphatic rings. The van der Waals surface area contributed by atoms with Crippen molar-refractivity contribution in [3.05, 3.63) is 23.8 Å². The topological polar surface area (TPSA) is 78.6 Å². The molecular formula is C12H19NO4S. The Morgan fingerprint density at radius 1 is 1.50 bits per heavy atom. The molecule has 5 nitrogen and oxygen atoms in total. The van der Waals surface area contributed by atoms with E-state index in [2.05, 4.69) is 0 Å². The Bertz CT molecular complexity index is 733. The summed E-state index contributed by atoms with van der Waals surface area (Å²) in [5.41, 5.74) is 2.88. The highest BCUT2D eigenvalue weighted by molar-refractivity contribution is 7.90. The number of benzene rings is 1. The molecular weight excluding hydrogens is 254 g/mol. The van der Waals surface area contributed by atoms with Crippen LogP contribution in [0.4, 0.5) is 0 Å². The molecule has 0 saturated heterocycles. The lowest BCUT2D eigenvalue weighted by molar-refractivity contribution is 0.310. The lowest BCUT2D eigenvalue weighted by Gasteiger charge is -2.15. The molecule has 18 heavy (non-hydrogen) atoms. The molecule has 1 aromatic rings. The molecule has 0 unspecified atom stereocenters. The van der Waals surface area contributed by atoms with E-state index in [1.165, 1.54) is 19.2 Å². The van der Waals surface area contributed by atoms with Gasteiger partial charge in [0, 0.05) is 19.2 Å². The molecule has 0 radical (unpaired) electrons. The highest BCUT2D eigenvalue weighted by atomic mass is 32.2. The Balaban J connectivity index is 3.37. The molecule has 0 saturated carbocycles. The van der Waals surface area contributed by atoms with Gasteiger partial charge in [-0.1, -0.05) is 6.07 Å². The number of hydrogen-bond donors (Lipinski definition) is 1. The van der Waals surface area contributed by atoms with Crippen LogP contribution in [0, 0.1) is 0 Å². The highest BCUT2D eigenvalue weighted by Crippen LogP contribution is 2.30. The minimum absolute atomic E-state index is 0.0241. The lowest BCUT2D eigenvalue weighted by Crippen LogP contribution is -2.20. The lowest BCUT2D eigenvalue weighted by atomic mass is 10.1. The number of ether oxygens (including phenoxy) is 2. The van der Waals surface area contributed by atoms with E-state index in [0.717, 1.165) is 6.07 Å². The molecule has 0 aliphatic heterocycles. The van der Waals surface area contributed by atoms with Crippen molar-refractivity contribution in [2.45, 2.75) is 12.9 Å². The molecule has 0 fully saturated rings. The van der Waals surface area contributed by atoms with Gasteiger partial charge in [0.25, 0.3) is 0 Å². The van der Waals surface area contributed by atoms with Crippen molar-refractivity contribution in [1.29, 1.82) is 0 Å². The molecule has 0 heterocycles. The summed E-state index contributed by atoms with van der Waals surface area (Å²) in [6.45, 7) is -6.16. The van der Waals surface area contributed by atoms with Gasteiger partial charge in [0.2, 0.25) is 0 Å². The zero-order chi connectivity index (χ0) is 19.8. The van der Waals surface area contributed by atoms with E-state index >= 15 is 0 Å². The van der Waals surface area contributed by atoms with Crippen LogP contribution in [0.5, 0.6) is 11.5 Å². The van der Waals surface area contributed by atoms with Gasteiger partial charge in [0.1, 0.15) is 9.84 Å². The average molecular weight is 280 g/mol. The monoisotopic (exact) mass is 280 g/mol. The summed E-state index contributed by atoms with van der Waals surface area (Å²) < 4.78 is 84.9. The summed E-state index contributed by atoms with van der Waals surface area (Å²) in [7, 11) is -2.93. The first-order chi connectivity index (χ1) is 11.0. The Morgan fingerprint density at radius 2 is 2.22 bits per heavy atom. The number of hydrogen-bond acceptors (Lipinski definition) is 5. The molecule has 1 aromatic carbocycles. The number of methoxy groups -OCH3 is 1. The van der Waals surface area contributed by atoms with Gasteiger partial charge in [-0.3, -0.25) is 0 Å². The first-order valence-electron chi connectivity index (χ1n) is 8.37. The quantitative estimate of drug-likeness (QED) is 0.845. The fourth-order valence-corrected chi connectivity index (χ4v) is 1.92. The second-order valence-electron chi connectivity index (χ2n) is 3.48. The third-order valence-corrected chi connectivity index (χ3v) is 2.73. The van der Waals surface area contributed by atoms with Crippen LogP contribution in [0.1, 0.15) is 28.1 Å². The van der Waals surface area contributed by atoms with Gasteiger partial charge < -0.3 is 15.2 Å². The second kappa shape index (κ2) is 6.06. The minimum atomic E-state index is -4.16. The normalized spacial score (nSPS) is 21.2. The summed E-state index contributed by atoms with van der Waals surface area (Å²) >= 11 is 0. The molecule has 0 spiro atoms. The van der Waals surface area contributed by atoms with Gasteiger partial charge in [0.15, 0.2) is 11.5 Å². The van der Waals surface area contributed by atoms with E-state index in [1.807, 2.05) is 0 Å². The SMILES string of the molecule is [2H]C([2H])([2H])C([2H])([2H])Oc1cc([C@H](N)C([2H])([2H])S(C)(=O)=O)ccc1OC. The van der Waals surface area contributed by atoms with Crippen LogP contribution >= 0.6 is 0 Å². The molecule has 0 aliphatic carbocycles. The number of rotatable bonds is 6. The van der Waals surface area contributed by atoms with Crippen LogP contribution in [0.3, 0.4) is 0 Å². The summed E-state index contributed by atoms with van der Waals surface area (Å²) in [5, 5.41) is 0. The predicted octanol–water partition coefficient (Wildman–Crippen LogP) is 1.14. The molecule has 0 bridgehead atoms. The average Bonchev–Trinajstić information content (AvgIpc) is 2.43. The van der Waals surface area contributed by atoms with Gasteiger partial charge in [-0.05, 0) is 24.5 Å². The second-order valence-corrected chi connectivity index (χ2v) is 5.26. The fourth-order valence-electron chi connectivity index (χ4n) is 1.32. The zero-order valence-corrected chi connectivity index (χ0v) is 10.7. The first kappa shape index (κ1) is 7.35. The Kier molecular flexibility index (Phi) is 2.48. The Labute approximate surface area is 118 Å². The van der Waals surface area contributed by atoms with Crippen molar-refractivity contribution in [3.8, 4) is 11.5 Å². The largest absolute Gasteiger partial charge is 0.493 e. The highest BCUT2D eigenvalue weighted by Gasteiger charge is 2.15. The summed E-state index contributed by atoms with van der Waals surface area (Å²) in [6.07, 6.45) is 0.695. The van der Waals surface area contributed by atoms with Crippen LogP contribution < -0.4 is 15.2 Å². The Hall–Kier alpha value is -1.27. The van der Waals surface area contributed by atoms with Gasteiger partial charge in [-0.2, -0.15) is 0 Å². The van der Waals surface area contributed by atoms with E-state index in [0.29, 0.717) is 6.26 Å². The maximum atomic E-state index is 11.6. The van der Waals surface area contributed by atoms with E-state index in [-0.39, 0.29) is 17.1 Å². The standard InChI is InChI=1S/C12H19NO4S/c1-4-17-12-7-9(5-6-11(12)16-2)10(13)8-18(3,14)15/h5-7,10H,4,8,13H2,1-3H3/t10-/m1/s1/i1D3,4D2,8D2.